The molecule has 2 N–H and O–H groups in total. The Balaban J connectivity index is 0.00000364. The molecule has 0 spiro atoms. The van der Waals surface area contributed by atoms with Crippen LogP contribution in [0.4, 0.5) is 0 Å². The van der Waals surface area contributed by atoms with E-state index in [1.165, 1.54) is 0 Å². The van der Waals surface area contributed by atoms with E-state index in [0.717, 1.165) is 51.1 Å². The molecule has 1 fully saturated rings. The lowest BCUT2D eigenvalue weighted by Crippen LogP contribution is -2.56. The molecule has 8 heteroatoms. The second-order valence-electron chi connectivity index (χ2n) is 8.33. The van der Waals surface area contributed by atoms with Gasteiger partial charge in [-0.25, -0.2) is 9.98 Å². The number of morpholine rings is 1. The number of guanidine groups is 1. The molecule has 2 rings (SSSR count). The van der Waals surface area contributed by atoms with E-state index in [2.05, 4.69) is 67.1 Å². The highest BCUT2D eigenvalue weighted by atomic mass is 127. The Kier molecular flexibility index (Phi) is 9.50. The smallest absolute Gasteiger partial charge is 0.216 e. The predicted octanol–water partition coefficient (Wildman–Crippen LogP) is 2.76. The van der Waals surface area contributed by atoms with Crippen molar-refractivity contribution in [1.29, 1.82) is 0 Å². The Morgan fingerprint density at radius 3 is 2.41 bits per heavy atom. The molecule has 0 unspecified atom stereocenters. The minimum Gasteiger partial charge on any atom is -0.443 e. The molecule has 0 bridgehead atoms. The number of oxazole rings is 1. The maximum Gasteiger partial charge on any atom is 0.216 e. The summed E-state index contributed by atoms with van der Waals surface area (Å²) in [5.41, 5.74) is -0.0117. The number of halogens is 1. The van der Waals surface area contributed by atoms with Crippen molar-refractivity contribution in [2.75, 3.05) is 39.4 Å². The van der Waals surface area contributed by atoms with Gasteiger partial charge in [0.1, 0.15) is 12.3 Å². The Labute approximate surface area is 180 Å². The van der Waals surface area contributed by atoms with Crippen LogP contribution in [0.15, 0.2) is 15.6 Å². The van der Waals surface area contributed by atoms with Gasteiger partial charge in [0, 0.05) is 37.1 Å². The standard InChI is InChI=1S/C19H35N5O2.HI/c1-7-20-17(22-13-16-21-12-15(26-16)18(2,3)4)23-14-19(5,6)24-8-10-25-11-9-24;/h12H,7-11,13-14H2,1-6H3,(H2,20,22,23);1H. The van der Waals surface area contributed by atoms with E-state index in [-0.39, 0.29) is 34.9 Å². The van der Waals surface area contributed by atoms with Gasteiger partial charge in [-0.2, -0.15) is 0 Å². The maximum absolute atomic E-state index is 5.82. The summed E-state index contributed by atoms with van der Waals surface area (Å²) < 4.78 is 11.3. The fourth-order valence-electron chi connectivity index (χ4n) is 2.80. The second-order valence-corrected chi connectivity index (χ2v) is 8.33. The molecule has 1 aromatic rings. The zero-order chi connectivity index (χ0) is 19.2. The zero-order valence-electron chi connectivity index (χ0n) is 17.6. The maximum atomic E-state index is 5.82. The van der Waals surface area contributed by atoms with Crippen LogP contribution >= 0.6 is 24.0 Å². The van der Waals surface area contributed by atoms with Crippen molar-refractivity contribution in [1.82, 2.24) is 20.5 Å². The fraction of sp³-hybridized carbons (Fsp3) is 0.789. The highest BCUT2D eigenvalue weighted by molar-refractivity contribution is 14.0. The van der Waals surface area contributed by atoms with Gasteiger partial charge in [-0.05, 0) is 20.8 Å². The van der Waals surface area contributed by atoms with Crippen molar-refractivity contribution in [2.45, 2.75) is 59.0 Å². The predicted molar refractivity (Wildman–Crippen MR) is 120 cm³/mol. The van der Waals surface area contributed by atoms with Crippen LogP contribution in [0.1, 0.15) is 53.2 Å². The molecule has 1 aromatic heterocycles. The van der Waals surface area contributed by atoms with Crippen LogP contribution in [-0.2, 0) is 16.7 Å². The molecule has 0 aliphatic carbocycles. The summed E-state index contributed by atoms with van der Waals surface area (Å²) >= 11 is 0. The van der Waals surface area contributed by atoms with Crippen LogP contribution in [0.25, 0.3) is 0 Å². The summed E-state index contributed by atoms with van der Waals surface area (Å²) in [6.07, 6.45) is 1.80. The minimum absolute atomic E-state index is 0. The van der Waals surface area contributed by atoms with Gasteiger partial charge in [0.25, 0.3) is 0 Å². The monoisotopic (exact) mass is 493 g/mol. The number of hydrogen-bond acceptors (Lipinski definition) is 5. The Morgan fingerprint density at radius 2 is 1.85 bits per heavy atom. The Bertz CT molecular complexity index is 589. The molecule has 7 nitrogen and oxygen atoms in total. The third kappa shape index (κ3) is 7.57. The highest BCUT2D eigenvalue weighted by Crippen LogP contribution is 2.22. The van der Waals surface area contributed by atoms with Gasteiger partial charge in [0.2, 0.25) is 5.89 Å². The first-order chi connectivity index (χ1) is 12.2. The van der Waals surface area contributed by atoms with E-state index in [0.29, 0.717) is 12.4 Å². The van der Waals surface area contributed by atoms with Crippen LogP contribution in [0.2, 0.25) is 0 Å². The summed E-state index contributed by atoms with van der Waals surface area (Å²) in [7, 11) is 0. The number of hydrogen-bond donors (Lipinski definition) is 2. The van der Waals surface area contributed by atoms with Gasteiger partial charge >= 0.3 is 0 Å². The summed E-state index contributed by atoms with van der Waals surface area (Å²) in [5, 5.41) is 6.74. The molecule has 2 heterocycles. The van der Waals surface area contributed by atoms with E-state index < -0.39 is 0 Å². The van der Waals surface area contributed by atoms with E-state index in [9.17, 15) is 0 Å². The van der Waals surface area contributed by atoms with Gasteiger partial charge in [-0.15, -0.1) is 24.0 Å². The van der Waals surface area contributed by atoms with E-state index >= 15 is 0 Å². The molecule has 1 saturated heterocycles. The van der Waals surface area contributed by atoms with Crippen molar-refractivity contribution < 1.29 is 9.15 Å². The van der Waals surface area contributed by atoms with E-state index in [1.54, 1.807) is 6.20 Å². The quantitative estimate of drug-likeness (QED) is 0.361. The highest BCUT2D eigenvalue weighted by Gasteiger charge is 2.28. The van der Waals surface area contributed by atoms with Crippen molar-refractivity contribution in [3.05, 3.63) is 17.8 Å². The molecular formula is C19H36IN5O2. The minimum atomic E-state index is -0.0418. The van der Waals surface area contributed by atoms with Gasteiger partial charge in [0.15, 0.2) is 5.96 Å². The van der Waals surface area contributed by atoms with Crippen LogP contribution in [0.5, 0.6) is 0 Å². The topological polar surface area (TPSA) is 74.9 Å². The first kappa shape index (κ1) is 24.2. The van der Waals surface area contributed by atoms with Crippen molar-refractivity contribution >= 4 is 29.9 Å². The summed E-state index contributed by atoms with van der Waals surface area (Å²) in [6.45, 7) is 18.5. The normalized spacial score (nSPS) is 16.7. The Morgan fingerprint density at radius 1 is 1.19 bits per heavy atom. The number of nitrogens with one attached hydrogen (secondary N) is 2. The van der Waals surface area contributed by atoms with Gasteiger partial charge in [-0.1, -0.05) is 20.8 Å². The molecule has 0 aromatic carbocycles. The van der Waals surface area contributed by atoms with Crippen LogP contribution in [0.3, 0.4) is 0 Å². The van der Waals surface area contributed by atoms with Crippen LogP contribution < -0.4 is 10.6 Å². The average Bonchev–Trinajstić information content (AvgIpc) is 3.07. The van der Waals surface area contributed by atoms with Crippen LogP contribution in [-0.4, -0.2) is 60.8 Å². The third-order valence-corrected chi connectivity index (χ3v) is 4.57. The largest absolute Gasteiger partial charge is 0.443 e. The number of aromatic nitrogens is 1. The zero-order valence-corrected chi connectivity index (χ0v) is 19.9. The molecule has 0 amide bonds. The van der Waals surface area contributed by atoms with Crippen molar-refractivity contribution in [3.63, 3.8) is 0 Å². The Hall–Kier alpha value is -0.870. The molecule has 1 aliphatic heterocycles. The lowest BCUT2D eigenvalue weighted by Gasteiger charge is -2.41. The average molecular weight is 493 g/mol. The van der Waals surface area contributed by atoms with Gasteiger partial charge in [0.05, 0.1) is 19.4 Å². The van der Waals surface area contributed by atoms with Crippen molar-refractivity contribution in [2.24, 2.45) is 4.99 Å². The first-order valence-electron chi connectivity index (χ1n) is 9.52. The van der Waals surface area contributed by atoms with E-state index in [1.807, 2.05) is 0 Å². The second kappa shape index (κ2) is 10.6. The molecule has 27 heavy (non-hydrogen) atoms. The van der Waals surface area contributed by atoms with Gasteiger partial charge < -0.3 is 19.8 Å². The molecular weight excluding hydrogens is 457 g/mol. The van der Waals surface area contributed by atoms with E-state index in [4.69, 9.17) is 9.15 Å². The number of nitrogens with zero attached hydrogens (tertiary/aromatic N) is 3. The molecule has 0 saturated carbocycles. The molecule has 1 aliphatic rings. The third-order valence-electron chi connectivity index (χ3n) is 4.57. The molecule has 0 atom stereocenters. The number of aliphatic imine (C=N–C) groups is 1. The van der Waals surface area contributed by atoms with Crippen molar-refractivity contribution in [3.8, 4) is 0 Å². The number of ether oxygens (including phenoxy) is 1. The summed E-state index contributed by atoms with van der Waals surface area (Å²) in [6, 6.07) is 0. The van der Waals surface area contributed by atoms with Gasteiger partial charge in [-0.3, -0.25) is 4.90 Å². The summed E-state index contributed by atoms with van der Waals surface area (Å²) in [4.78, 5) is 11.4. The summed E-state index contributed by atoms with van der Waals surface area (Å²) in [5.74, 6) is 2.30. The number of rotatable bonds is 6. The lowest BCUT2D eigenvalue weighted by atomic mass is 9.94. The lowest BCUT2D eigenvalue weighted by molar-refractivity contribution is -0.00834. The molecule has 156 valence electrons. The first-order valence-corrected chi connectivity index (χ1v) is 9.52. The SMILES string of the molecule is CCNC(=NCc1ncc(C(C)(C)C)o1)NCC(C)(C)N1CCOCC1.I. The molecule has 0 radical (unpaired) electrons. The van der Waals surface area contributed by atoms with Crippen LogP contribution in [0, 0.1) is 0 Å². The fourth-order valence-corrected chi connectivity index (χ4v) is 2.80.